The number of hydrogen-bond donors (Lipinski definition) is 2. The van der Waals surface area contributed by atoms with Gasteiger partial charge >= 0.3 is 0 Å². The molecule has 0 atom stereocenters. The van der Waals surface area contributed by atoms with E-state index in [9.17, 15) is 0 Å². The highest BCUT2D eigenvalue weighted by Gasteiger charge is 1.99. The molecule has 78 valence electrons. The Hall–Kier alpha value is -1.22. The Morgan fingerprint density at radius 3 is 2.86 bits per heavy atom. The summed E-state index contributed by atoms with van der Waals surface area (Å²) in [5.41, 5.74) is 7.72. The van der Waals surface area contributed by atoms with Crippen molar-refractivity contribution in [3.63, 3.8) is 0 Å². The van der Waals surface area contributed by atoms with E-state index in [1.54, 1.807) is 0 Å². The molecule has 0 bridgehead atoms. The van der Waals surface area contributed by atoms with Gasteiger partial charge < -0.3 is 16.0 Å². The van der Waals surface area contributed by atoms with Crippen molar-refractivity contribution in [2.75, 3.05) is 37.8 Å². The van der Waals surface area contributed by atoms with Crippen molar-refractivity contribution in [1.82, 2.24) is 5.32 Å². The highest BCUT2D eigenvalue weighted by molar-refractivity contribution is 5.55. The third kappa shape index (κ3) is 3.26. The fourth-order valence-electron chi connectivity index (χ4n) is 1.38. The SMILES string of the molecule is CNCCCN(C)c1cccc(N)c1. The van der Waals surface area contributed by atoms with Gasteiger partial charge in [-0.15, -0.1) is 0 Å². The van der Waals surface area contributed by atoms with Gasteiger partial charge in [0, 0.05) is 25.0 Å². The van der Waals surface area contributed by atoms with E-state index in [1.807, 2.05) is 25.2 Å². The zero-order valence-electron chi connectivity index (χ0n) is 8.96. The van der Waals surface area contributed by atoms with E-state index in [0.29, 0.717) is 0 Å². The summed E-state index contributed by atoms with van der Waals surface area (Å²) in [7, 11) is 4.06. The lowest BCUT2D eigenvalue weighted by atomic mass is 10.2. The summed E-state index contributed by atoms with van der Waals surface area (Å²) in [4.78, 5) is 2.22. The van der Waals surface area contributed by atoms with Gasteiger partial charge in [0.15, 0.2) is 0 Å². The van der Waals surface area contributed by atoms with Crippen molar-refractivity contribution in [3.8, 4) is 0 Å². The molecule has 0 heterocycles. The minimum absolute atomic E-state index is 0.822. The number of nitrogen functional groups attached to an aromatic ring is 1. The molecule has 0 spiro atoms. The first-order valence-electron chi connectivity index (χ1n) is 4.95. The smallest absolute Gasteiger partial charge is 0.0384 e. The van der Waals surface area contributed by atoms with Gasteiger partial charge in [-0.05, 0) is 38.2 Å². The van der Waals surface area contributed by atoms with E-state index in [2.05, 4.69) is 23.3 Å². The second-order valence-corrected chi connectivity index (χ2v) is 3.47. The van der Waals surface area contributed by atoms with E-state index in [-0.39, 0.29) is 0 Å². The normalized spacial score (nSPS) is 10.1. The molecular formula is C11H19N3. The van der Waals surface area contributed by atoms with E-state index in [4.69, 9.17) is 5.73 Å². The minimum Gasteiger partial charge on any atom is -0.399 e. The second-order valence-electron chi connectivity index (χ2n) is 3.47. The second kappa shape index (κ2) is 5.50. The summed E-state index contributed by atoms with van der Waals surface area (Å²) in [5.74, 6) is 0. The maximum atomic E-state index is 5.71. The van der Waals surface area contributed by atoms with Crippen molar-refractivity contribution in [2.24, 2.45) is 0 Å². The molecule has 0 aliphatic heterocycles. The first kappa shape index (κ1) is 10.9. The lowest BCUT2D eigenvalue weighted by Gasteiger charge is -2.19. The molecule has 0 aliphatic rings. The molecule has 1 aromatic carbocycles. The van der Waals surface area contributed by atoms with Gasteiger partial charge in [-0.25, -0.2) is 0 Å². The Morgan fingerprint density at radius 2 is 2.21 bits per heavy atom. The quantitative estimate of drug-likeness (QED) is 0.547. The summed E-state index contributed by atoms with van der Waals surface area (Å²) in [5, 5.41) is 3.13. The highest BCUT2D eigenvalue weighted by Crippen LogP contribution is 2.15. The van der Waals surface area contributed by atoms with Crippen molar-refractivity contribution < 1.29 is 0 Å². The lowest BCUT2D eigenvalue weighted by molar-refractivity contribution is 0.713. The number of nitrogens with one attached hydrogen (secondary N) is 1. The fraction of sp³-hybridized carbons (Fsp3) is 0.455. The average molecular weight is 193 g/mol. The molecule has 0 aliphatic carbocycles. The third-order valence-electron chi connectivity index (χ3n) is 2.23. The molecule has 0 unspecified atom stereocenters. The molecule has 1 aromatic rings. The Morgan fingerprint density at radius 1 is 1.43 bits per heavy atom. The molecule has 0 saturated heterocycles. The van der Waals surface area contributed by atoms with Gasteiger partial charge in [-0.1, -0.05) is 6.07 Å². The summed E-state index contributed by atoms with van der Waals surface area (Å²) in [6.07, 6.45) is 1.14. The van der Waals surface area contributed by atoms with Crippen LogP contribution in [0.15, 0.2) is 24.3 Å². The van der Waals surface area contributed by atoms with E-state index in [1.165, 1.54) is 5.69 Å². The lowest BCUT2D eigenvalue weighted by Crippen LogP contribution is -2.22. The van der Waals surface area contributed by atoms with E-state index >= 15 is 0 Å². The van der Waals surface area contributed by atoms with Crippen molar-refractivity contribution in [2.45, 2.75) is 6.42 Å². The Bertz CT molecular complexity index is 273. The van der Waals surface area contributed by atoms with Crippen LogP contribution in [0.1, 0.15) is 6.42 Å². The number of nitrogens with zero attached hydrogens (tertiary/aromatic N) is 1. The zero-order chi connectivity index (χ0) is 10.4. The van der Waals surface area contributed by atoms with Crippen LogP contribution in [0.25, 0.3) is 0 Å². The standard InChI is InChI=1S/C11H19N3/c1-13-7-4-8-14(2)11-6-3-5-10(12)9-11/h3,5-6,9,13H,4,7-8,12H2,1-2H3. The highest BCUT2D eigenvalue weighted by atomic mass is 15.1. The Balaban J connectivity index is 2.47. The molecule has 3 nitrogen and oxygen atoms in total. The van der Waals surface area contributed by atoms with Crippen molar-refractivity contribution in [1.29, 1.82) is 0 Å². The number of hydrogen-bond acceptors (Lipinski definition) is 3. The Labute approximate surface area is 85.9 Å². The monoisotopic (exact) mass is 193 g/mol. The number of rotatable bonds is 5. The van der Waals surface area contributed by atoms with Crippen LogP contribution >= 0.6 is 0 Å². The van der Waals surface area contributed by atoms with Gasteiger partial charge in [-0.2, -0.15) is 0 Å². The van der Waals surface area contributed by atoms with Gasteiger partial charge in [0.2, 0.25) is 0 Å². The van der Waals surface area contributed by atoms with Crippen LogP contribution in [0.4, 0.5) is 11.4 Å². The van der Waals surface area contributed by atoms with Gasteiger partial charge in [-0.3, -0.25) is 0 Å². The van der Waals surface area contributed by atoms with Crippen LogP contribution in [0.2, 0.25) is 0 Å². The fourth-order valence-corrected chi connectivity index (χ4v) is 1.38. The maximum Gasteiger partial charge on any atom is 0.0384 e. The Kier molecular flexibility index (Phi) is 4.26. The van der Waals surface area contributed by atoms with Crippen LogP contribution in [-0.2, 0) is 0 Å². The van der Waals surface area contributed by atoms with Crippen LogP contribution in [-0.4, -0.2) is 27.2 Å². The topological polar surface area (TPSA) is 41.3 Å². The minimum atomic E-state index is 0.822. The molecule has 3 heteroatoms. The van der Waals surface area contributed by atoms with Gasteiger partial charge in [0.1, 0.15) is 0 Å². The predicted molar refractivity (Wildman–Crippen MR) is 62.7 cm³/mol. The molecule has 14 heavy (non-hydrogen) atoms. The number of nitrogens with two attached hydrogens (primary N) is 1. The van der Waals surface area contributed by atoms with Crippen molar-refractivity contribution in [3.05, 3.63) is 24.3 Å². The number of benzene rings is 1. The summed E-state index contributed by atoms with van der Waals surface area (Å²) < 4.78 is 0. The molecule has 0 aromatic heterocycles. The van der Waals surface area contributed by atoms with Crippen molar-refractivity contribution >= 4 is 11.4 Å². The van der Waals surface area contributed by atoms with Crippen LogP contribution in [0.5, 0.6) is 0 Å². The molecular weight excluding hydrogens is 174 g/mol. The maximum absolute atomic E-state index is 5.71. The van der Waals surface area contributed by atoms with Crippen LogP contribution in [0.3, 0.4) is 0 Å². The van der Waals surface area contributed by atoms with Crippen LogP contribution in [0, 0.1) is 0 Å². The van der Waals surface area contributed by atoms with E-state index < -0.39 is 0 Å². The molecule has 0 amide bonds. The third-order valence-corrected chi connectivity index (χ3v) is 2.23. The first-order chi connectivity index (χ1) is 6.74. The zero-order valence-corrected chi connectivity index (χ0v) is 8.96. The summed E-state index contributed by atoms with van der Waals surface area (Å²) >= 11 is 0. The summed E-state index contributed by atoms with van der Waals surface area (Å²) in [6.45, 7) is 2.09. The van der Waals surface area contributed by atoms with Gasteiger partial charge in [0.05, 0.1) is 0 Å². The number of anilines is 2. The largest absolute Gasteiger partial charge is 0.399 e. The average Bonchev–Trinajstić information content (AvgIpc) is 2.18. The molecule has 1 rings (SSSR count). The first-order valence-corrected chi connectivity index (χ1v) is 4.95. The summed E-state index contributed by atoms with van der Waals surface area (Å²) in [6, 6.07) is 7.97. The molecule has 0 saturated carbocycles. The molecule has 0 fully saturated rings. The van der Waals surface area contributed by atoms with E-state index in [0.717, 1.165) is 25.2 Å². The predicted octanol–water partition coefficient (Wildman–Crippen LogP) is 1.31. The van der Waals surface area contributed by atoms with Gasteiger partial charge in [0.25, 0.3) is 0 Å². The molecule has 0 radical (unpaired) electrons. The van der Waals surface area contributed by atoms with Crippen LogP contribution < -0.4 is 16.0 Å². The molecule has 3 N–H and O–H groups in total.